The summed E-state index contributed by atoms with van der Waals surface area (Å²) < 4.78 is 0. The van der Waals surface area contributed by atoms with Crippen LogP contribution in [0.2, 0.25) is 0 Å². The molecule has 0 aliphatic rings. The average molecular weight is 262 g/mol. The topological polar surface area (TPSA) is 24.9 Å². The molecule has 20 heavy (non-hydrogen) atoms. The van der Waals surface area contributed by atoms with Gasteiger partial charge >= 0.3 is 0 Å². The molecule has 1 aromatic heterocycles. The largest absolute Gasteiger partial charge is 0.313 e. The molecule has 0 bridgehead atoms. The fraction of sp³-hybridized carbons (Fsp3) is 0.167. The minimum Gasteiger partial charge on any atom is -0.313 e. The molecule has 0 amide bonds. The van der Waals surface area contributed by atoms with Gasteiger partial charge in [-0.05, 0) is 42.1 Å². The van der Waals surface area contributed by atoms with Crippen molar-refractivity contribution in [1.82, 2.24) is 10.3 Å². The first kappa shape index (κ1) is 12.8. The van der Waals surface area contributed by atoms with Gasteiger partial charge in [-0.3, -0.25) is 4.98 Å². The van der Waals surface area contributed by atoms with E-state index in [1.807, 2.05) is 19.4 Å². The van der Waals surface area contributed by atoms with Crippen LogP contribution in [0, 0.1) is 0 Å². The number of hydrogen-bond donors (Lipinski definition) is 1. The van der Waals surface area contributed by atoms with E-state index in [9.17, 15) is 0 Å². The number of rotatable bonds is 3. The van der Waals surface area contributed by atoms with E-state index in [2.05, 4.69) is 65.8 Å². The van der Waals surface area contributed by atoms with Crippen molar-refractivity contribution in [3.8, 4) is 11.1 Å². The Morgan fingerprint density at radius 1 is 0.950 bits per heavy atom. The zero-order valence-corrected chi connectivity index (χ0v) is 11.8. The molecule has 1 N–H and O–H groups in total. The zero-order valence-electron chi connectivity index (χ0n) is 11.8. The van der Waals surface area contributed by atoms with Gasteiger partial charge in [0.2, 0.25) is 0 Å². The highest BCUT2D eigenvalue weighted by Gasteiger charge is 2.11. The predicted molar refractivity (Wildman–Crippen MR) is 84.7 cm³/mol. The maximum Gasteiger partial charge on any atom is 0.0346 e. The van der Waals surface area contributed by atoms with Crippen molar-refractivity contribution >= 4 is 10.8 Å². The summed E-state index contributed by atoms with van der Waals surface area (Å²) in [5.41, 5.74) is 3.87. The van der Waals surface area contributed by atoms with Gasteiger partial charge in [-0.1, -0.05) is 42.5 Å². The van der Waals surface area contributed by atoms with Crippen molar-refractivity contribution in [3.05, 3.63) is 66.5 Å². The molecule has 2 nitrogen and oxygen atoms in total. The van der Waals surface area contributed by atoms with Gasteiger partial charge in [-0.25, -0.2) is 0 Å². The summed E-state index contributed by atoms with van der Waals surface area (Å²) >= 11 is 0. The first-order valence-electron chi connectivity index (χ1n) is 6.90. The molecule has 3 rings (SSSR count). The minimum absolute atomic E-state index is 0.322. The Morgan fingerprint density at radius 2 is 1.75 bits per heavy atom. The van der Waals surface area contributed by atoms with E-state index < -0.39 is 0 Å². The second kappa shape index (κ2) is 5.43. The summed E-state index contributed by atoms with van der Waals surface area (Å²) in [6.07, 6.45) is 3.78. The maximum absolute atomic E-state index is 4.21. The Bertz CT molecular complexity index is 729. The fourth-order valence-electron chi connectivity index (χ4n) is 2.63. The number of fused-ring (bicyclic) bond motifs is 1. The van der Waals surface area contributed by atoms with Crippen LogP contribution < -0.4 is 5.32 Å². The van der Waals surface area contributed by atoms with Gasteiger partial charge in [-0.2, -0.15) is 0 Å². The Balaban J connectivity index is 2.26. The molecular weight excluding hydrogens is 244 g/mol. The van der Waals surface area contributed by atoms with Crippen LogP contribution in [-0.4, -0.2) is 12.0 Å². The van der Waals surface area contributed by atoms with Crippen LogP contribution in [0.3, 0.4) is 0 Å². The molecule has 0 spiro atoms. The summed E-state index contributed by atoms with van der Waals surface area (Å²) in [5.74, 6) is 0. The molecule has 2 aromatic carbocycles. The van der Waals surface area contributed by atoms with Crippen molar-refractivity contribution in [2.75, 3.05) is 7.05 Å². The van der Waals surface area contributed by atoms with Crippen molar-refractivity contribution < 1.29 is 0 Å². The number of nitrogens with one attached hydrogen (secondary N) is 1. The molecule has 1 atom stereocenters. The molecule has 1 unspecified atom stereocenters. The number of benzene rings is 2. The van der Waals surface area contributed by atoms with Crippen molar-refractivity contribution in [1.29, 1.82) is 0 Å². The van der Waals surface area contributed by atoms with E-state index >= 15 is 0 Å². The summed E-state index contributed by atoms with van der Waals surface area (Å²) in [6, 6.07) is 17.4. The van der Waals surface area contributed by atoms with E-state index in [4.69, 9.17) is 0 Å². The molecule has 0 fully saturated rings. The Kier molecular flexibility index (Phi) is 3.48. The lowest BCUT2D eigenvalue weighted by molar-refractivity contribution is 0.654. The van der Waals surface area contributed by atoms with Gasteiger partial charge in [0, 0.05) is 23.8 Å². The first-order chi connectivity index (χ1) is 9.81. The van der Waals surface area contributed by atoms with Gasteiger partial charge in [-0.15, -0.1) is 0 Å². The molecule has 0 saturated carbocycles. The SMILES string of the molecule is CNC(C)c1ccccc1-c1cccc2cnccc12. The maximum atomic E-state index is 4.21. The van der Waals surface area contributed by atoms with Crippen LogP contribution in [0.5, 0.6) is 0 Å². The number of nitrogens with zero attached hydrogens (tertiary/aromatic N) is 1. The van der Waals surface area contributed by atoms with Crippen molar-refractivity contribution in [2.45, 2.75) is 13.0 Å². The van der Waals surface area contributed by atoms with Crippen molar-refractivity contribution in [3.63, 3.8) is 0 Å². The van der Waals surface area contributed by atoms with E-state index in [0.29, 0.717) is 6.04 Å². The Hall–Kier alpha value is -2.19. The van der Waals surface area contributed by atoms with Crippen LogP contribution in [-0.2, 0) is 0 Å². The smallest absolute Gasteiger partial charge is 0.0346 e. The molecule has 0 saturated heterocycles. The van der Waals surface area contributed by atoms with Crippen molar-refractivity contribution in [2.24, 2.45) is 0 Å². The third-order valence-electron chi connectivity index (χ3n) is 3.83. The standard InChI is InChI=1S/C18H18N2/c1-13(19-2)15-7-3-4-8-17(15)18-9-5-6-14-12-20-11-10-16(14)18/h3-13,19H,1-2H3. The monoisotopic (exact) mass is 262 g/mol. The second-order valence-corrected chi connectivity index (χ2v) is 5.00. The van der Waals surface area contributed by atoms with E-state index in [-0.39, 0.29) is 0 Å². The van der Waals surface area contributed by atoms with Crippen LogP contribution >= 0.6 is 0 Å². The average Bonchev–Trinajstić information content (AvgIpc) is 2.53. The van der Waals surface area contributed by atoms with E-state index in [0.717, 1.165) is 0 Å². The summed E-state index contributed by atoms with van der Waals surface area (Å²) in [4.78, 5) is 4.21. The van der Waals surface area contributed by atoms with Gasteiger partial charge in [0.05, 0.1) is 0 Å². The fourth-order valence-corrected chi connectivity index (χ4v) is 2.63. The third kappa shape index (κ3) is 2.19. The number of hydrogen-bond acceptors (Lipinski definition) is 2. The molecule has 0 aliphatic heterocycles. The molecule has 3 aromatic rings. The normalized spacial score (nSPS) is 12.5. The molecule has 0 radical (unpaired) electrons. The highest BCUT2D eigenvalue weighted by atomic mass is 14.9. The lowest BCUT2D eigenvalue weighted by Crippen LogP contribution is -2.13. The summed E-state index contributed by atoms with van der Waals surface area (Å²) in [5, 5.41) is 5.75. The van der Waals surface area contributed by atoms with Crippen LogP contribution in [0.25, 0.3) is 21.9 Å². The highest BCUT2D eigenvalue weighted by molar-refractivity contribution is 5.96. The van der Waals surface area contributed by atoms with Crippen LogP contribution in [0.4, 0.5) is 0 Å². The lowest BCUT2D eigenvalue weighted by Gasteiger charge is -2.17. The molecule has 0 aliphatic carbocycles. The quantitative estimate of drug-likeness (QED) is 0.766. The second-order valence-electron chi connectivity index (χ2n) is 5.00. The Morgan fingerprint density at radius 3 is 2.60 bits per heavy atom. The van der Waals surface area contributed by atoms with E-state index in [1.54, 1.807) is 0 Å². The molecule has 2 heteroatoms. The van der Waals surface area contributed by atoms with Gasteiger partial charge < -0.3 is 5.32 Å². The summed E-state index contributed by atoms with van der Waals surface area (Å²) in [6.45, 7) is 2.19. The van der Waals surface area contributed by atoms with Gasteiger partial charge in [0.15, 0.2) is 0 Å². The summed E-state index contributed by atoms with van der Waals surface area (Å²) in [7, 11) is 1.99. The van der Waals surface area contributed by atoms with Crippen LogP contribution in [0.15, 0.2) is 60.9 Å². The van der Waals surface area contributed by atoms with Gasteiger partial charge in [0.25, 0.3) is 0 Å². The lowest BCUT2D eigenvalue weighted by atomic mass is 9.92. The third-order valence-corrected chi connectivity index (χ3v) is 3.83. The number of pyridine rings is 1. The first-order valence-corrected chi connectivity index (χ1v) is 6.90. The van der Waals surface area contributed by atoms with E-state index in [1.165, 1.54) is 27.5 Å². The number of aromatic nitrogens is 1. The highest BCUT2D eigenvalue weighted by Crippen LogP contribution is 2.33. The van der Waals surface area contributed by atoms with Crippen LogP contribution in [0.1, 0.15) is 18.5 Å². The Labute approximate surface area is 119 Å². The van der Waals surface area contributed by atoms with Gasteiger partial charge in [0.1, 0.15) is 0 Å². The molecule has 1 heterocycles. The molecular formula is C18H18N2. The minimum atomic E-state index is 0.322. The molecule has 100 valence electrons. The zero-order chi connectivity index (χ0) is 13.9. The predicted octanol–water partition coefficient (Wildman–Crippen LogP) is 4.18.